The Hall–Kier alpha value is -2.92. The van der Waals surface area contributed by atoms with Crippen molar-refractivity contribution in [1.82, 2.24) is 5.43 Å². The van der Waals surface area contributed by atoms with Crippen molar-refractivity contribution in [3.63, 3.8) is 0 Å². The summed E-state index contributed by atoms with van der Waals surface area (Å²) in [5.74, 6) is -0.354. The lowest BCUT2D eigenvalue weighted by Gasteiger charge is -2.03. The van der Waals surface area contributed by atoms with Gasteiger partial charge in [-0.3, -0.25) is 9.59 Å². The van der Waals surface area contributed by atoms with Crippen molar-refractivity contribution < 1.29 is 9.21 Å². The lowest BCUT2D eigenvalue weighted by Crippen LogP contribution is -2.18. The van der Waals surface area contributed by atoms with Crippen LogP contribution >= 0.6 is 11.6 Å². The van der Waals surface area contributed by atoms with Gasteiger partial charge in [0, 0.05) is 10.6 Å². The summed E-state index contributed by atoms with van der Waals surface area (Å²) < 4.78 is 5.39. The molecule has 126 valence electrons. The molecule has 0 fully saturated rings. The first-order valence-electron chi connectivity index (χ1n) is 7.57. The molecule has 1 heterocycles. The van der Waals surface area contributed by atoms with Gasteiger partial charge >= 0.3 is 0 Å². The molecule has 5 nitrogen and oxygen atoms in total. The Kier molecular flexibility index (Phi) is 4.67. The van der Waals surface area contributed by atoms with Crippen LogP contribution in [0.2, 0.25) is 5.02 Å². The molecule has 2 aromatic carbocycles. The lowest BCUT2D eigenvalue weighted by molar-refractivity contribution is 0.0955. The highest BCUT2D eigenvalue weighted by molar-refractivity contribution is 6.31. The minimum atomic E-state index is -0.354. The van der Waals surface area contributed by atoms with Crippen molar-refractivity contribution in [2.75, 3.05) is 0 Å². The van der Waals surface area contributed by atoms with E-state index < -0.39 is 0 Å². The molecule has 0 aliphatic rings. The van der Waals surface area contributed by atoms with Gasteiger partial charge in [-0.2, -0.15) is 5.10 Å². The summed E-state index contributed by atoms with van der Waals surface area (Å²) in [6.45, 7) is 3.90. The highest BCUT2D eigenvalue weighted by Gasteiger charge is 2.07. The maximum absolute atomic E-state index is 12.4. The number of benzene rings is 2. The molecule has 0 aliphatic carbocycles. The molecular weight excluding hydrogens is 340 g/mol. The maximum atomic E-state index is 12.4. The van der Waals surface area contributed by atoms with Crippen molar-refractivity contribution in [2.24, 2.45) is 5.10 Å². The number of amides is 1. The molecule has 0 saturated carbocycles. The molecule has 3 rings (SSSR count). The Bertz CT molecular complexity index is 1050. The molecule has 0 bridgehead atoms. The van der Waals surface area contributed by atoms with Crippen molar-refractivity contribution >= 4 is 34.7 Å². The summed E-state index contributed by atoms with van der Waals surface area (Å²) in [5.41, 5.74) is 5.41. The van der Waals surface area contributed by atoms with E-state index in [0.29, 0.717) is 21.6 Å². The van der Waals surface area contributed by atoms with Gasteiger partial charge in [-0.05, 0) is 55.3 Å². The fourth-order valence-electron chi connectivity index (χ4n) is 2.32. The third-order valence-corrected chi connectivity index (χ3v) is 4.14. The Morgan fingerprint density at radius 1 is 1.16 bits per heavy atom. The Morgan fingerprint density at radius 3 is 2.72 bits per heavy atom. The van der Waals surface area contributed by atoms with E-state index in [0.717, 1.165) is 11.1 Å². The van der Waals surface area contributed by atoms with Crippen LogP contribution in [0.25, 0.3) is 11.0 Å². The van der Waals surface area contributed by atoms with Gasteiger partial charge in [0.25, 0.3) is 5.91 Å². The zero-order valence-electron chi connectivity index (χ0n) is 13.7. The number of hydrazone groups is 1. The Balaban J connectivity index is 1.81. The zero-order chi connectivity index (χ0) is 18.0. The molecule has 0 saturated heterocycles. The molecule has 25 heavy (non-hydrogen) atoms. The van der Waals surface area contributed by atoms with E-state index in [1.54, 1.807) is 24.3 Å². The second kappa shape index (κ2) is 6.91. The highest BCUT2D eigenvalue weighted by atomic mass is 35.5. The monoisotopic (exact) mass is 354 g/mol. The minimum Gasteiger partial charge on any atom is -0.463 e. The summed E-state index contributed by atoms with van der Waals surface area (Å²) in [5, 5.41) is 4.64. The predicted molar refractivity (Wildman–Crippen MR) is 98.5 cm³/mol. The van der Waals surface area contributed by atoms with Gasteiger partial charge < -0.3 is 4.42 Å². The molecule has 1 aromatic heterocycles. The van der Waals surface area contributed by atoms with Crippen LogP contribution in [0.3, 0.4) is 0 Å². The quantitative estimate of drug-likeness (QED) is 0.574. The summed E-state index contributed by atoms with van der Waals surface area (Å²) in [6, 6.07) is 10.2. The molecule has 0 radical (unpaired) electrons. The summed E-state index contributed by atoms with van der Waals surface area (Å²) >= 11 is 5.91. The van der Waals surface area contributed by atoms with Crippen LogP contribution in [-0.2, 0) is 0 Å². The first kappa shape index (κ1) is 16.9. The minimum absolute atomic E-state index is 0.218. The van der Waals surface area contributed by atoms with Crippen molar-refractivity contribution in [3.05, 3.63) is 80.2 Å². The van der Waals surface area contributed by atoms with E-state index in [2.05, 4.69) is 10.5 Å². The van der Waals surface area contributed by atoms with E-state index in [1.165, 1.54) is 18.5 Å². The predicted octanol–water partition coefficient (Wildman–Crippen LogP) is 3.83. The average molecular weight is 355 g/mol. The number of rotatable bonds is 3. The van der Waals surface area contributed by atoms with E-state index in [9.17, 15) is 9.59 Å². The van der Waals surface area contributed by atoms with E-state index in [1.807, 2.05) is 19.9 Å². The molecule has 1 amide bonds. The fourth-order valence-corrected chi connectivity index (χ4v) is 2.49. The molecule has 0 aliphatic heterocycles. The van der Waals surface area contributed by atoms with Crippen LogP contribution in [0.15, 0.2) is 57.0 Å². The van der Waals surface area contributed by atoms with Crippen molar-refractivity contribution in [3.8, 4) is 0 Å². The lowest BCUT2D eigenvalue weighted by atomic mass is 10.1. The molecule has 1 N–H and O–H groups in total. The van der Waals surface area contributed by atoms with Gasteiger partial charge in [0.2, 0.25) is 5.43 Å². The van der Waals surface area contributed by atoms with Crippen LogP contribution in [0.1, 0.15) is 27.0 Å². The topological polar surface area (TPSA) is 71.7 Å². The number of nitrogens with zero attached hydrogens (tertiary/aromatic N) is 1. The molecule has 0 spiro atoms. The molecule has 0 atom stereocenters. The number of fused-ring (bicyclic) bond motifs is 1. The van der Waals surface area contributed by atoms with Crippen LogP contribution in [0.5, 0.6) is 0 Å². The standard InChI is InChI=1S/C19H15ClN2O3/c1-11-3-4-13(7-12(11)2)19(24)22-21-9-14-10-25-17-6-5-15(20)8-16(17)18(14)23/h3-10H,1-2H3,(H,22,24)/b21-9-. The highest BCUT2D eigenvalue weighted by Crippen LogP contribution is 2.16. The smallest absolute Gasteiger partial charge is 0.271 e. The molecule has 6 heteroatoms. The average Bonchev–Trinajstić information content (AvgIpc) is 2.59. The number of nitrogens with one attached hydrogen (secondary N) is 1. The van der Waals surface area contributed by atoms with Gasteiger partial charge in [-0.1, -0.05) is 17.7 Å². The largest absolute Gasteiger partial charge is 0.463 e. The number of carbonyl (C=O) groups excluding carboxylic acids is 1. The number of halogens is 1. The summed E-state index contributed by atoms with van der Waals surface area (Å²) in [7, 11) is 0. The molecule has 0 unspecified atom stereocenters. The van der Waals surface area contributed by atoms with E-state index >= 15 is 0 Å². The molecular formula is C19H15ClN2O3. The summed E-state index contributed by atoms with van der Waals surface area (Å²) in [4.78, 5) is 24.5. The second-order valence-corrected chi connectivity index (χ2v) is 6.10. The van der Waals surface area contributed by atoms with Crippen molar-refractivity contribution in [1.29, 1.82) is 0 Å². The van der Waals surface area contributed by atoms with E-state index in [-0.39, 0.29) is 16.9 Å². The normalized spacial score (nSPS) is 11.2. The fraction of sp³-hybridized carbons (Fsp3) is 0.105. The third kappa shape index (κ3) is 3.61. The van der Waals surface area contributed by atoms with Crippen LogP contribution in [0, 0.1) is 13.8 Å². The van der Waals surface area contributed by atoms with Crippen LogP contribution < -0.4 is 10.9 Å². The molecule has 3 aromatic rings. The number of hydrogen-bond acceptors (Lipinski definition) is 4. The van der Waals surface area contributed by atoms with Crippen LogP contribution in [0.4, 0.5) is 0 Å². The van der Waals surface area contributed by atoms with E-state index in [4.69, 9.17) is 16.0 Å². The second-order valence-electron chi connectivity index (χ2n) is 5.66. The first-order valence-corrected chi connectivity index (χ1v) is 7.95. The Labute approximate surface area is 148 Å². The zero-order valence-corrected chi connectivity index (χ0v) is 14.4. The number of hydrogen-bond donors (Lipinski definition) is 1. The number of carbonyl (C=O) groups is 1. The first-order chi connectivity index (χ1) is 12.0. The van der Waals surface area contributed by atoms with Gasteiger partial charge in [0.1, 0.15) is 11.8 Å². The SMILES string of the molecule is Cc1ccc(C(=O)N/N=C\c2coc3ccc(Cl)cc3c2=O)cc1C. The van der Waals surface area contributed by atoms with Gasteiger partial charge in [0.05, 0.1) is 17.2 Å². The van der Waals surface area contributed by atoms with Gasteiger partial charge in [0.15, 0.2) is 0 Å². The summed E-state index contributed by atoms with van der Waals surface area (Å²) in [6.07, 6.45) is 2.55. The van der Waals surface area contributed by atoms with Gasteiger partial charge in [-0.15, -0.1) is 0 Å². The number of aryl methyl sites for hydroxylation is 2. The van der Waals surface area contributed by atoms with Crippen molar-refractivity contribution in [2.45, 2.75) is 13.8 Å². The van der Waals surface area contributed by atoms with Crippen LogP contribution in [-0.4, -0.2) is 12.1 Å². The Morgan fingerprint density at radius 2 is 1.96 bits per heavy atom. The maximum Gasteiger partial charge on any atom is 0.271 e. The van der Waals surface area contributed by atoms with Gasteiger partial charge in [-0.25, -0.2) is 5.43 Å². The third-order valence-electron chi connectivity index (χ3n) is 3.90.